The minimum Gasteiger partial charge on any atom is -0.454 e. The molecule has 0 spiro atoms. The van der Waals surface area contributed by atoms with Crippen molar-refractivity contribution in [3.63, 3.8) is 0 Å². The van der Waals surface area contributed by atoms with E-state index in [4.69, 9.17) is 13.9 Å². The van der Waals surface area contributed by atoms with Crippen LogP contribution in [0.15, 0.2) is 58.2 Å². The molecule has 23 heavy (non-hydrogen) atoms. The van der Waals surface area contributed by atoms with Gasteiger partial charge in [0.05, 0.1) is 0 Å². The van der Waals surface area contributed by atoms with Crippen LogP contribution in [0.4, 0.5) is 0 Å². The molecule has 0 bridgehead atoms. The fourth-order valence-corrected chi connectivity index (χ4v) is 2.72. The highest BCUT2D eigenvalue weighted by Gasteiger charge is 2.19. The number of hydrogen-bond acceptors (Lipinski definition) is 7. The molecule has 0 atom stereocenters. The van der Waals surface area contributed by atoms with Crippen molar-refractivity contribution in [1.82, 2.24) is 10.2 Å². The van der Waals surface area contributed by atoms with Crippen molar-refractivity contribution < 1.29 is 18.7 Å². The van der Waals surface area contributed by atoms with Gasteiger partial charge in [-0.2, -0.15) is 0 Å². The highest BCUT2D eigenvalue weighted by atomic mass is 32.2. The van der Waals surface area contributed by atoms with E-state index in [0.717, 1.165) is 17.3 Å². The van der Waals surface area contributed by atoms with Crippen LogP contribution in [-0.2, 0) is 0 Å². The molecule has 0 fully saturated rings. The number of benzene rings is 2. The summed E-state index contributed by atoms with van der Waals surface area (Å²) in [5.74, 6) is 1.58. The third-order valence-corrected chi connectivity index (χ3v) is 3.98. The van der Waals surface area contributed by atoms with E-state index in [1.54, 1.807) is 18.2 Å². The maximum atomic E-state index is 12.3. The highest BCUT2D eigenvalue weighted by molar-refractivity contribution is 8.14. The first-order chi connectivity index (χ1) is 11.3. The molecular formula is C16H10N2O4S. The molecule has 1 aliphatic heterocycles. The Bertz CT molecular complexity index is 864. The Morgan fingerprint density at radius 3 is 2.70 bits per heavy atom. The molecule has 6 nitrogen and oxygen atoms in total. The molecule has 1 aromatic heterocycles. The summed E-state index contributed by atoms with van der Waals surface area (Å²) in [7, 11) is 0. The predicted molar refractivity (Wildman–Crippen MR) is 82.5 cm³/mol. The van der Waals surface area contributed by atoms with Crippen molar-refractivity contribution in [2.45, 2.75) is 5.22 Å². The first-order valence-corrected chi connectivity index (χ1v) is 7.62. The molecule has 4 rings (SSSR count). The molecular weight excluding hydrogens is 316 g/mol. The van der Waals surface area contributed by atoms with Crippen LogP contribution in [0.25, 0.3) is 11.5 Å². The lowest BCUT2D eigenvalue weighted by Gasteiger charge is -1.99. The normalized spacial score (nSPS) is 12.3. The van der Waals surface area contributed by atoms with E-state index in [-0.39, 0.29) is 17.1 Å². The lowest BCUT2D eigenvalue weighted by molar-refractivity contribution is 0.108. The monoisotopic (exact) mass is 326 g/mol. The molecule has 0 radical (unpaired) electrons. The van der Waals surface area contributed by atoms with Gasteiger partial charge in [-0.15, -0.1) is 10.2 Å². The number of ether oxygens (including phenoxy) is 2. The van der Waals surface area contributed by atoms with Crippen LogP contribution in [0.5, 0.6) is 11.5 Å². The summed E-state index contributed by atoms with van der Waals surface area (Å²) in [4.78, 5) is 12.3. The largest absolute Gasteiger partial charge is 0.454 e. The SMILES string of the molecule is O=C(Sc1nnc(-c2ccccc2)o1)c1ccc2c(c1)OCO2. The number of nitrogens with zero attached hydrogens (tertiary/aromatic N) is 2. The Kier molecular flexibility index (Phi) is 3.47. The van der Waals surface area contributed by atoms with E-state index in [0.29, 0.717) is 23.0 Å². The summed E-state index contributed by atoms with van der Waals surface area (Å²) in [5.41, 5.74) is 1.29. The lowest BCUT2D eigenvalue weighted by atomic mass is 10.2. The minimum atomic E-state index is -0.202. The van der Waals surface area contributed by atoms with Gasteiger partial charge in [0, 0.05) is 22.9 Å². The number of rotatable bonds is 3. The van der Waals surface area contributed by atoms with Gasteiger partial charge in [0.2, 0.25) is 17.8 Å². The van der Waals surface area contributed by atoms with E-state index < -0.39 is 0 Å². The quantitative estimate of drug-likeness (QED) is 0.683. The van der Waals surface area contributed by atoms with Gasteiger partial charge in [0.25, 0.3) is 5.22 Å². The Morgan fingerprint density at radius 1 is 1.00 bits per heavy atom. The van der Waals surface area contributed by atoms with E-state index in [2.05, 4.69) is 10.2 Å². The summed E-state index contributed by atoms with van der Waals surface area (Å²) >= 11 is 0.882. The Labute approximate surface area is 135 Å². The number of aromatic nitrogens is 2. The highest BCUT2D eigenvalue weighted by Crippen LogP contribution is 2.34. The van der Waals surface area contributed by atoms with Crippen LogP contribution in [0.1, 0.15) is 10.4 Å². The van der Waals surface area contributed by atoms with Crippen molar-refractivity contribution in [1.29, 1.82) is 0 Å². The maximum Gasteiger partial charge on any atom is 0.284 e. The average Bonchev–Trinajstić information content (AvgIpc) is 3.24. The van der Waals surface area contributed by atoms with Crippen LogP contribution in [0.3, 0.4) is 0 Å². The van der Waals surface area contributed by atoms with Gasteiger partial charge < -0.3 is 13.9 Å². The molecule has 1 aliphatic rings. The van der Waals surface area contributed by atoms with E-state index in [1.165, 1.54) is 0 Å². The lowest BCUT2D eigenvalue weighted by Crippen LogP contribution is -1.94. The summed E-state index contributed by atoms with van der Waals surface area (Å²) < 4.78 is 16.0. The number of carbonyl (C=O) groups is 1. The zero-order valence-corrected chi connectivity index (χ0v) is 12.6. The molecule has 0 saturated heterocycles. The average molecular weight is 326 g/mol. The van der Waals surface area contributed by atoms with Gasteiger partial charge >= 0.3 is 0 Å². The zero-order chi connectivity index (χ0) is 15.6. The van der Waals surface area contributed by atoms with Gasteiger partial charge in [-0.3, -0.25) is 4.79 Å². The van der Waals surface area contributed by atoms with Gasteiger partial charge in [-0.1, -0.05) is 18.2 Å². The van der Waals surface area contributed by atoms with Crippen molar-refractivity contribution >= 4 is 16.9 Å². The van der Waals surface area contributed by atoms with Gasteiger partial charge in [0.15, 0.2) is 11.5 Å². The molecule has 0 unspecified atom stereocenters. The Morgan fingerprint density at radius 2 is 1.83 bits per heavy atom. The third-order valence-electron chi connectivity index (χ3n) is 3.22. The maximum absolute atomic E-state index is 12.3. The first kappa shape index (κ1) is 13.8. The smallest absolute Gasteiger partial charge is 0.284 e. The predicted octanol–water partition coefficient (Wildman–Crippen LogP) is 3.40. The second-order valence-corrected chi connectivity index (χ2v) is 5.62. The van der Waals surface area contributed by atoms with Crippen molar-refractivity contribution in [2.75, 3.05) is 6.79 Å². The van der Waals surface area contributed by atoms with Crippen molar-refractivity contribution in [3.05, 3.63) is 54.1 Å². The number of fused-ring (bicyclic) bond motifs is 1. The van der Waals surface area contributed by atoms with E-state index in [9.17, 15) is 4.79 Å². The van der Waals surface area contributed by atoms with Gasteiger partial charge in [-0.05, 0) is 30.3 Å². The number of thioether (sulfide) groups is 1. The Balaban J connectivity index is 1.52. The second-order valence-electron chi connectivity index (χ2n) is 4.70. The Hall–Kier alpha value is -2.80. The number of hydrogen-bond donors (Lipinski definition) is 0. The fourth-order valence-electron chi connectivity index (χ4n) is 2.11. The number of carbonyl (C=O) groups excluding carboxylic acids is 1. The summed E-state index contributed by atoms with van der Waals surface area (Å²) in [6.07, 6.45) is 0. The summed E-state index contributed by atoms with van der Waals surface area (Å²) in [5, 5.41) is 7.85. The molecule has 3 aromatic rings. The van der Waals surface area contributed by atoms with Crippen LogP contribution >= 0.6 is 11.8 Å². The molecule has 0 saturated carbocycles. The van der Waals surface area contributed by atoms with Crippen molar-refractivity contribution in [2.24, 2.45) is 0 Å². The first-order valence-electron chi connectivity index (χ1n) is 6.80. The van der Waals surface area contributed by atoms with Crippen LogP contribution in [0.2, 0.25) is 0 Å². The standard InChI is InChI=1S/C16H10N2O4S/c19-15(11-6-7-12-13(8-11)21-9-20-12)23-16-18-17-14(22-16)10-4-2-1-3-5-10/h1-8H,9H2. The van der Waals surface area contributed by atoms with Crippen molar-refractivity contribution in [3.8, 4) is 23.0 Å². The van der Waals surface area contributed by atoms with Crippen LogP contribution in [-0.4, -0.2) is 22.1 Å². The second kappa shape index (κ2) is 5.77. The minimum absolute atomic E-state index is 0.171. The van der Waals surface area contributed by atoms with E-state index in [1.807, 2.05) is 30.3 Å². The zero-order valence-electron chi connectivity index (χ0n) is 11.8. The van der Waals surface area contributed by atoms with E-state index >= 15 is 0 Å². The molecule has 114 valence electrons. The molecule has 2 heterocycles. The summed E-state index contributed by atoms with van der Waals surface area (Å²) in [6.45, 7) is 0.171. The van der Waals surface area contributed by atoms with Gasteiger partial charge in [-0.25, -0.2) is 0 Å². The third kappa shape index (κ3) is 2.78. The van der Waals surface area contributed by atoms with Gasteiger partial charge in [0.1, 0.15) is 0 Å². The molecule has 0 aliphatic carbocycles. The van der Waals surface area contributed by atoms with Crippen LogP contribution in [0, 0.1) is 0 Å². The molecule has 0 amide bonds. The van der Waals surface area contributed by atoms with Crippen LogP contribution < -0.4 is 9.47 Å². The summed E-state index contributed by atoms with van der Waals surface area (Å²) in [6, 6.07) is 14.4. The molecule has 2 aromatic carbocycles. The molecule has 0 N–H and O–H groups in total. The fraction of sp³-hybridized carbons (Fsp3) is 0.0625. The molecule has 7 heteroatoms. The topological polar surface area (TPSA) is 74.5 Å².